The lowest BCUT2D eigenvalue weighted by atomic mass is 9.81. The van der Waals surface area contributed by atoms with Crippen LogP contribution in [0.25, 0.3) is 0 Å². The molecule has 192 valence electrons. The molecule has 0 aliphatic carbocycles. The zero-order valence-electron chi connectivity index (χ0n) is 22.0. The normalized spacial score (nSPS) is 41.0. The average molecular weight is 476 g/mol. The fraction of sp³-hybridized carbons (Fsp3) is 0.750. The Labute approximate surface area is 205 Å². The first-order chi connectivity index (χ1) is 16.0. The van der Waals surface area contributed by atoms with Crippen molar-refractivity contribution in [2.45, 2.75) is 116 Å². The van der Waals surface area contributed by atoms with Gasteiger partial charge >= 0.3 is 0 Å². The molecule has 6 heteroatoms. The number of carbonyl (C=O) groups is 1. The summed E-state index contributed by atoms with van der Waals surface area (Å²) in [5.41, 5.74) is 0.400. The van der Waals surface area contributed by atoms with E-state index in [1.165, 1.54) is 0 Å². The molecule has 34 heavy (non-hydrogen) atoms. The number of hydrogen-bond donors (Lipinski definition) is 2. The molecule has 0 bridgehead atoms. The van der Waals surface area contributed by atoms with Gasteiger partial charge in [0, 0.05) is 6.42 Å². The molecule has 3 rings (SSSR count). The van der Waals surface area contributed by atoms with E-state index in [0.29, 0.717) is 18.4 Å². The molecule has 3 saturated heterocycles. The summed E-state index contributed by atoms with van der Waals surface area (Å²) in [5.74, 6) is 0.639. The Morgan fingerprint density at radius 3 is 2.59 bits per heavy atom. The van der Waals surface area contributed by atoms with Crippen molar-refractivity contribution in [3.8, 4) is 0 Å². The van der Waals surface area contributed by atoms with E-state index in [2.05, 4.69) is 52.9 Å². The van der Waals surface area contributed by atoms with Crippen molar-refractivity contribution in [2.75, 3.05) is 6.61 Å². The van der Waals surface area contributed by atoms with Gasteiger partial charge in [-0.1, -0.05) is 57.6 Å². The number of nitrogens with one attached hydrogen (secondary N) is 1. The number of amides is 1. The largest absolute Gasteiger partial charge is 0.387 e. The topological polar surface area (TPSA) is 80.3 Å². The highest BCUT2D eigenvalue weighted by Gasteiger charge is 2.60. The highest BCUT2D eigenvalue weighted by atomic mass is 16.6. The number of hydrogen-bond acceptors (Lipinski definition) is 5. The highest BCUT2D eigenvalue weighted by Crippen LogP contribution is 2.47. The second kappa shape index (κ2) is 11.1. The zero-order chi connectivity index (χ0) is 25.1. The molecule has 0 aromatic carbocycles. The van der Waals surface area contributed by atoms with E-state index in [0.717, 1.165) is 31.3 Å². The van der Waals surface area contributed by atoms with Crippen molar-refractivity contribution >= 4 is 5.91 Å². The van der Waals surface area contributed by atoms with Crippen LogP contribution < -0.4 is 5.32 Å². The van der Waals surface area contributed by atoms with Crippen molar-refractivity contribution in [3.05, 3.63) is 36.0 Å². The molecule has 1 amide bonds. The van der Waals surface area contributed by atoms with Gasteiger partial charge in [-0.25, -0.2) is 0 Å². The first-order valence-corrected chi connectivity index (χ1v) is 13.0. The van der Waals surface area contributed by atoms with E-state index >= 15 is 0 Å². The lowest BCUT2D eigenvalue weighted by Gasteiger charge is -2.43. The van der Waals surface area contributed by atoms with Crippen LogP contribution in [0.15, 0.2) is 36.0 Å². The van der Waals surface area contributed by atoms with Gasteiger partial charge in [-0.15, -0.1) is 0 Å². The number of aliphatic hydroxyl groups excluding tert-OH is 1. The number of epoxide rings is 1. The second-order valence-corrected chi connectivity index (χ2v) is 11.2. The smallest absolute Gasteiger partial charge is 0.243 e. The highest BCUT2D eigenvalue weighted by molar-refractivity contribution is 5.87. The summed E-state index contributed by atoms with van der Waals surface area (Å²) in [6, 6.07) is 0.0234. The number of carbonyl (C=O) groups excluding carboxylic acids is 1. The molecule has 3 aliphatic rings. The fourth-order valence-corrected chi connectivity index (χ4v) is 5.03. The Hall–Kier alpha value is -1.47. The summed E-state index contributed by atoms with van der Waals surface area (Å²) in [4.78, 5) is 12.2. The summed E-state index contributed by atoms with van der Waals surface area (Å²) in [5, 5.41) is 13.9. The first kappa shape index (κ1) is 27.1. The monoisotopic (exact) mass is 475 g/mol. The minimum absolute atomic E-state index is 0.0234. The van der Waals surface area contributed by atoms with E-state index in [1.54, 1.807) is 6.08 Å². The van der Waals surface area contributed by atoms with Gasteiger partial charge in [0.1, 0.15) is 17.8 Å². The minimum atomic E-state index is -0.638. The number of rotatable bonds is 8. The van der Waals surface area contributed by atoms with Gasteiger partial charge in [-0.2, -0.15) is 0 Å². The maximum Gasteiger partial charge on any atom is 0.243 e. The molecule has 0 aromatic rings. The average Bonchev–Trinajstić information content (AvgIpc) is 3.55. The van der Waals surface area contributed by atoms with Gasteiger partial charge in [-0.05, 0) is 57.9 Å². The zero-order valence-corrected chi connectivity index (χ0v) is 22.0. The van der Waals surface area contributed by atoms with Crippen molar-refractivity contribution in [2.24, 2.45) is 11.8 Å². The van der Waals surface area contributed by atoms with Crippen LogP contribution in [0.3, 0.4) is 0 Å². The van der Waals surface area contributed by atoms with Gasteiger partial charge < -0.3 is 24.6 Å². The third kappa shape index (κ3) is 6.81. The molecule has 0 radical (unpaired) electrons. The molecular formula is C28H45NO5. The quantitative estimate of drug-likeness (QED) is 0.307. The molecule has 3 heterocycles. The fourth-order valence-electron chi connectivity index (χ4n) is 5.03. The van der Waals surface area contributed by atoms with Crippen LogP contribution in [0.5, 0.6) is 0 Å². The Bertz CT molecular complexity index is 799. The van der Waals surface area contributed by atoms with Crippen LogP contribution in [0, 0.1) is 11.8 Å². The lowest BCUT2D eigenvalue weighted by Crippen LogP contribution is -2.54. The van der Waals surface area contributed by atoms with Crippen molar-refractivity contribution < 1.29 is 24.1 Å². The van der Waals surface area contributed by atoms with Crippen LogP contribution in [0.4, 0.5) is 0 Å². The van der Waals surface area contributed by atoms with Gasteiger partial charge in [0.2, 0.25) is 5.91 Å². The van der Waals surface area contributed by atoms with Gasteiger partial charge in [-0.3, -0.25) is 4.79 Å². The summed E-state index contributed by atoms with van der Waals surface area (Å²) in [7, 11) is 0. The van der Waals surface area contributed by atoms with Crippen LogP contribution >= 0.6 is 0 Å². The number of allylic oxidation sites excluding steroid dienone is 3. The number of ether oxygens (including phenoxy) is 3. The van der Waals surface area contributed by atoms with E-state index in [-0.39, 0.29) is 35.9 Å². The van der Waals surface area contributed by atoms with E-state index < -0.39 is 11.7 Å². The molecule has 0 unspecified atom stereocenters. The number of aliphatic hydroxyl groups is 1. The molecule has 6 nitrogen and oxygen atoms in total. The SMILES string of the molecule is CC[C@]1(C)C[C@@]2(CO2)[C@H](O)[C@@H](/C=C/C(C)=C/C[C@@H]2O[C@H](C)[C@H](NC(=O)/C=C\C(C)C)C[C@@H]2C)O1. The molecule has 8 atom stereocenters. The van der Waals surface area contributed by atoms with Crippen LogP contribution in [0.2, 0.25) is 0 Å². The van der Waals surface area contributed by atoms with Crippen LogP contribution in [-0.2, 0) is 19.0 Å². The van der Waals surface area contributed by atoms with Crippen LogP contribution in [0.1, 0.15) is 74.1 Å². The Balaban J connectivity index is 1.53. The molecule has 0 saturated carbocycles. The Morgan fingerprint density at radius 1 is 1.26 bits per heavy atom. The molecule has 3 aliphatic heterocycles. The molecule has 3 fully saturated rings. The molecule has 0 aromatic heterocycles. The minimum Gasteiger partial charge on any atom is -0.387 e. The summed E-state index contributed by atoms with van der Waals surface area (Å²) in [6.07, 6.45) is 12.1. The van der Waals surface area contributed by atoms with E-state index in [9.17, 15) is 9.90 Å². The van der Waals surface area contributed by atoms with Crippen LogP contribution in [-0.4, -0.2) is 59.3 Å². The predicted octanol–water partition coefficient (Wildman–Crippen LogP) is 4.48. The van der Waals surface area contributed by atoms with E-state index in [4.69, 9.17) is 14.2 Å². The van der Waals surface area contributed by atoms with Gasteiger partial charge in [0.05, 0.1) is 30.5 Å². The van der Waals surface area contributed by atoms with Crippen molar-refractivity contribution in [3.63, 3.8) is 0 Å². The Kier molecular flexibility index (Phi) is 8.83. The summed E-state index contributed by atoms with van der Waals surface area (Å²) < 4.78 is 18.2. The summed E-state index contributed by atoms with van der Waals surface area (Å²) >= 11 is 0. The third-order valence-electron chi connectivity index (χ3n) is 7.60. The Morgan fingerprint density at radius 2 is 1.97 bits per heavy atom. The molecule has 2 N–H and O–H groups in total. The van der Waals surface area contributed by atoms with Gasteiger partial charge in [0.25, 0.3) is 0 Å². The second-order valence-electron chi connectivity index (χ2n) is 11.2. The first-order valence-electron chi connectivity index (χ1n) is 13.0. The third-order valence-corrected chi connectivity index (χ3v) is 7.60. The van der Waals surface area contributed by atoms with Crippen molar-refractivity contribution in [1.29, 1.82) is 0 Å². The predicted molar refractivity (Wildman–Crippen MR) is 134 cm³/mol. The maximum atomic E-state index is 12.2. The maximum absolute atomic E-state index is 12.2. The lowest BCUT2D eigenvalue weighted by molar-refractivity contribution is -0.179. The van der Waals surface area contributed by atoms with E-state index in [1.807, 2.05) is 25.2 Å². The van der Waals surface area contributed by atoms with Crippen molar-refractivity contribution in [1.82, 2.24) is 5.32 Å². The molecule has 1 spiro atoms. The van der Waals surface area contributed by atoms with Gasteiger partial charge in [0.15, 0.2) is 0 Å². The standard InChI is InChI=1S/C28H45NO5/c1-8-27(7)16-28(17-32-28)26(31)24(34-27)13-11-19(4)10-12-23-20(5)15-22(21(6)33-23)29-25(30)14-9-18(2)3/h9-11,13-14,18,20-24,26,31H,8,12,15-17H2,1-7H3,(H,29,30)/b13-11+,14-9-,19-10+/t20-,21+,22+,23-,24+,26+,27+,28+/m0/s1. The summed E-state index contributed by atoms with van der Waals surface area (Å²) in [6.45, 7) is 15.2. The molecular weight excluding hydrogens is 430 g/mol.